The quantitative estimate of drug-likeness (QED) is 0.701. The van der Waals surface area contributed by atoms with Gasteiger partial charge in [-0.1, -0.05) is 0 Å². The normalized spacial score (nSPS) is 11.6. The van der Waals surface area contributed by atoms with Gasteiger partial charge in [0.05, 0.1) is 0 Å². The molecule has 0 saturated carbocycles. The summed E-state index contributed by atoms with van der Waals surface area (Å²) in [4.78, 5) is 10.5. The molecule has 0 fully saturated rings. The molecule has 0 unspecified atom stereocenters. The van der Waals surface area contributed by atoms with Crippen molar-refractivity contribution in [1.29, 1.82) is 0 Å². The van der Waals surface area contributed by atoms with Crippen LogP contribution in [0.5, 0.6) is 0 Å². The van der Waals surface area contributed by atoms with Crippen molar-refractivity contribution >= 4 is 22.1 Å². The van der Waals surface area contributed by atoms with Gasteiger partial charge in [0.1, 0.15) is 0 Å². The Morgan fingerprint density at radius 2 is 2.00 bits per heavy atom. The Morgan fingerprint density at radius 1 is 1.36 bits per heavy atom. The number of nitrogens with zero attached hydrogens (tertiary/aromatic N) is 1. The van der Waals surface area contributed by atoms with Crippen LogP contribution in [0, 0.1) is 5.82 Å². The Balaban J connectivity index is 3.14. The molecule has 0 aliphatic rings. The number of rotatable bonds is 1. The zero-order valence-corrected chi connectivity index (χ0v) is 9.91. The van der Waals surface area contributed by atoms with Gasteiger partial charge in [0.25, 0.3) is 0 Å². The van der Waals surface area contributed by atoms with E-state index in [1.807, 2.05) is 0 Å². The Kier molecular flexibility index (Phi) is 2.52. The van der Waals surface area contributed by atoms with Gasteiger partial charge in [0, 0.05) is 0 Å². The standard InChI is InChI=1S/C5H3FN.3CH3.Sn/c6-5-2-1-3-7-4-5;;;;/h1-3H;3*1H3;. The average Bonchev–Trinajstić information content (AvgIpc) is 1.86. The molecular formula is C8H12FNSn. The van der Waals surface area contributed by atoms with Crippen molar-refractivity contribution in [2.45, 2.75) is 14.8 Å². The van der Waals surface area contributed by atoms with E-state index in [4.69, 9.17) is 0 Å². The monoisotopic (exact) mass is 261 g/mol. The summed E-state index contributed by atoms with van der Waals surface area (Å²) in [6.45, 7) is 0. The zero-order valence-electron chi connectivity index (χ0n) is 7.06. The Bertz CT molecular complexity index is 255. The molecule has 0 aliphatic carbocycles. The third kappa shape index (κ3) is 2.15. The van der Waals surface area contributed by atoms with Gasteiger partial charge in [-0.05, 0) is 0 Å². The van der Waals surface area contributed by atoms with Crippen LogP contribution in [0.3, 0.4) is 0 Å². The summed E-state index contributed by atoms with van der Waals surface area (Å²) >= 11 is -2.26. The van der Waals surface area contributed by atoms with Crippen LogP contribution in [0.25, 0.3) is 0 Å². The first-order chi connectivity index (χ1) is 5.02. The van der Waals surface area contributed by atoms with Crippen LogP contribution in [-0.4, -0.2) is 23.4 Å². The molecule has 0 atom stereocenters. The molecule has 1 heterocycles. The van der Waals surface area contributed by atoms with Gasteiger partial charge in [-0.2, -0.15) is 0 Å². The van der Waals surface area contributed by atoms with Crippen molar-refractivity contribution in [2.75, 3.05) is 0 Å². The van der Waals surface area contributed by atoms with Gasteiger partial charge in [-0.15, -0.1) is 0 Å². The van der Waals surface area contributed by atoms with Crippen LogP contribution >= 0.6 is 0 Å². The topological polar surface area (TPSA) is 12.9 Å². The van der Waals surface area contributed by atoms with E-state index in [9.17, 15) is 4.39 Å². The molecule has 0 N–H and O–H groups in total. The second-order valence-corrected chi connectivity index (χ2v) is 17.8. The van der Waals surface area contributed by atoms with E-state index < -0.39 is 18.4 Å². The summed E-state index contributed by atoms with van der Waals surface area (Å²) in [6, 6.07) is 3.13. The average molecular weight is 260 g/mol. The van der Waals surface area contributed by atoms with E-state index in [1.54, 1.807) is 12.3 Å². The SMILES string of the molecule is [CH3][Sn]([CH3])([CH3])[c]1ncccc1F. The fourth-order valence-electron chi connectivity index (χ4n) is 0.938. The second kappa shape index (κ2) is 3.09. The fraction of sp³-hybridized carbons (Fsp3) is 0.375. The van der Waals surface area contributed by atoms with Crippen molar-refractivity contribution in [2.24, 2.45) is 0 Å². The minimum absolute atomic E-state index is 0.129. The summed E-state index contributed by atoms with van der Waals surface area (Å²) in [6.07, 6.45) is 1.67. The van der Waals surface area contributed by atoms with Crippen LogP contribution in [0.4, 0.5) is 4.39 Å². The molecule has 0 aliphatic heterocycles. The maximum atomic E-state index is 13.1. The molecular weight excluding hydrogens is 248 g/mol. The first-order valence-corrected chi connectivity index (χ1v) is 13.6. The molecule has 0 spiro atoms. The molecule has 0 amide bonds. The molecule has 0 saturated heterocycles. The number of halogens is 1. The van der Waals surface area contributed by atoms with Crippen LogP contribution in [0.1, 0.15) is 0 Å². The fourth-order valence-corrected chi connectivity index (χ4v) is 4.54. The molecule has 1 rings (SSSR count). The predicted octanol–water partition coefficient (Wildman–Crippen LogP) is 1.77. The first kappa shape index (κ1) is 8.97. The van der Waals surface area contributed by atoms with E-state index in [2.05, 4.69) is 19.8 Å². The Morgan fingerprint density at radius 3 is 2.36 bits per heavy atom. The predicted molar refractivity (Wildman–Crippen MR) is 47.2 cm³/mol. The van der Waals surface area contributed by atoms with E-state index in [0.29, 0.717) is 0 Å². The summed E-state index contributed by atoms with van der Waals surface area (Å²) in [5.41, 5.74) is 0. The van der Waals surface area contributed by atoms with E-state index in [1.165, 1.54) is 6.07 Å². The maximum absolute atomic E-state index is 13.1. The van der Waals surface area contributed by atoms with Gasteiger partial charge in [-0.25, -0.2) is 0 Å². The van der Waals surface area contributed by atoms with Crippen LogP contribution in [0.2, 0.25) is 14.8 Å². The molecule has 0 radical (unpaired) electrons. The molecule has 1 aromatic rings. The van der Waals surface area contributed by atoms with Gasteiger partial charge in [0.2, 0.25) is 0 Å². The summed E-state index contributed by atoms with van der Waals surface area (Å²) in [5.74, 6) is -0.129. The van der Waals surface area contributed by atoms with Crippen molar-refractivity contribution < 1.29 is 4.39 Å². The van der Waals surface area contributed by atoms with Gasteiger partial charge < -0.3 is 0 Å². The van der Waals surface area contributed by atoms with Crippen LogP contribution in [-0.2, 0) is 0 Å². The van der Waals surface area contributed by atoms with Crippen LogP contribution < -0.4 is 3.71 Å². The Hall–Kier alpha value is -0.121. The summed E-state index contributed by atoms with van der Waals surface area (Å²) in [5, 5.41) is 0. The minimum atomic E-state index is -2.26. The second-order valence-electron chi connectivity index (χ2n) is 3.58. The molecule has 0 bridgehead atoms. The number of aromatic nitrogens is 1. The zero-order chi connectivity index (χ0) is 8.48. The molecule has 1 aromatic heterocycles. The molecule has 11 heavy (non-hydrogen) atoms. The number of hydrogen-bond donors (Lipinski definition) is 0. The van der Waals surface area contributed by atoms with Gasteiger partial charge in [0.15, 0.2) is 0 Å². The Labute approximate surface area is 70.5 Å². The number of pyridine rings is 1. The van der Waals surface area contributed by atoms with Gasteiger partial charge in [-0.3, -0.25) is 0 Å². The third-order valence-corrected chi connectivity index (χ3v) is 6.57. The van der Waals surface area contributed by atoms with Crippen molar-refractivity contribution in [3.8, 4) is 0 Å². The molecule has 60 valence electrons. The molecule has 1 nitrogen and oxygen atoms in total. The van der Waals surface area contributed by atoms with E-state index in [-0.39, 0.29) is 5.82 Å². The summed E-state index contributed by atoms with van der Waals surface area (Å²) in [7, 11) is 0. The van der Waals surface area contributed by atoms with Crippen molar-refractivity contribution in [3.05, 3.63) is 24.1 Å². The van der Waals surface area contributed by atoms with Crippen molar-refractivity contribution in [1.82, 2.24) is 4.98 Å². The van der Waals surface area contributed by atoms with E-state index >= 15 is 0 Å². The van der Waals surface area contributed by atoms with Gasteiger partial charge >= 0.3 is 70.4 Å². The third-order valence-electron chi connectivity index (χ3n) is 1.47. The van der Waals surface area contributed by atoms with Crippen molar-refractivity contribution in [3.63, 3.8) is 0 Å². The van der Waals surface area contributed by atoms with Crippen LogP contribution in [0.15, 0.2) is 18.3 Å². The first-order valence-electron chi connectivity index (χ1n) is 3.63. The number of hydrogen-bond acceptors (Lipinski definition) is 1. The molecule has 3 heteroatoms. The summed E-state index contributed by atoms with van der Waals surface area (Å²) < 4.78 is 13.8. The molecule has 0 aromatic carbocycles. The van der Waals surface area contributed by atoms with E-state index in [0.717, 1.165) is 3.71 Å².